The zero-order valence-corrected chi connectivity index (χ0v) is 10.4. The third-order valence-corrected chi connectivity index (χ3v) is 2.90. The standard InChI is InChI=1S/C13H18FN3O/c1-17(8-13(18)16-11-3-4-11)7-9-6-10(14)2-5-12(9)15/h2,5-6,11H,3-4,7-8,15H2,1H3,(H,16,18). The fourth-order valence-corrected chi connectivity index (χ4v) is 1.80. The molecule has 1 aliphatic rings. The van der Waals surface area contributed by atoms with Crippen molar-refractivity contribution in [3.05, 3.63) is 29.6 Å². The van der Waals surface area contributed by atoms with Crippen LogP contribution in [0.3, 0.4) is 0 Å². The maximum absolute atomic E-state index is 13.1. The number of nitrogens with zero attached hydrogens (tertiary/aromatic N) is 1. The fourth-order valence-electron chi connectivity index (χ4n) is 1.80. The number of hydrogen-bond donors (Lipinski definition) is 2. The molecule has 0 atom stereocenters. The average molecular weight is 251 g/mol. The van der Waals surface area contributed by atoms with Gasteiger partial charge >= 0.3 is 0 Å². The van der Waals surface area contributed by atoms with Gasteiger partial charge in [-0.1, -0.05) is 0 Å². The van der Waals surface area contributed by atoms with Crippen LogP contribution >= 0.6 is 0 Å². The van der Waals surface area contributed by atoms with Gasteiger partial charge in [0, 0.05) is 18.3 Å². The van der Waals surface area contributed by atoms with Crippen LogP contribution in [-0.2, 0) is 11.3 Å². The van der Waals surface area contributed by atoms with E-state index in [9.17, 15) is 9.18 Å². The molecule has 1 aromatic rings. The Morgan fingerprint density at radius 2 is 2.28 bits per heavy atom. The van der Waals surface area contributed by atoms with Crippen molar-refractivity contribution in [3.8, 4) is 0 Å². The molecule has 98 valence electrons. The van der Waals surface area contributed by atoms with Crippen LogP contribution in [0.15, 0.2) is 18.2 Å². The molecule has 0 radical (unpaired) electrons. The molecule has 3 N–H and O–H groups in total. The van der Waals surface area contributed by atoms with Crippen molar-refractivity contribution in [3.63, 3.8) is 0 Å². The minimum absolute atomic E-state index is 0.00924. The molecule has 18 heavy (non-hydrogen) atoms. The van der Waals surface area contributed by atoms with Gasteiger partial charge in [0.15, 0.2) is 0 Å². The van der Waals surface area contributed by atoms with E-state index < -0.39 is 0 Å². The van der Waals surface area contributed by atoms with Gasteiger partial charge in [-0.3, -0.25) is 9.69 Å². The van der Waals surface area contributed by atoms with Gasteiger partial charge in [-0.15, -0.1) is 0 Å². The number of rotatable bonds is 5. The molecule has 1 amide bonds. The summed E-state index contributed by atoms with van der Waals surface area (Å²) in [5.74, 6) is -0.301. The maximum atomic E-state index is 13.1. The number of carbonyl (C=O) groups is 1. The number of benzene rings is 1. The summed E-state index contributed by atoms with van der Waals surface area (Å²) in [5, 5.41) is 2.91. The van der Waals surface area contributed by atoms with E-state index in [2.05, 4.69) is 5.32 Å². The number of likely N-dealkylation sites (N-methyl/N-ethyl adjacent to an activating group) is 1. The minimum atomic E-state index is -0.310. The van der Waals surface area contributed by atoms with E-state index in [0.717, 1.165) is 12.8 Å². The predicted molar refractivity (Wildman–Crippen MR) is 68.3 cm³/mol. The Bertz CT molecular complexity index is 446. The molecule has 1 aromatic carbocycles. The SMILES string of the molecule is CN(CC(=O)NC1CC1)Cc1cc(F)ccc1N. The predicted octanol–water partition coefficient (Wildman–Crippen LogP) is 1.12. The van der Waals surface area contributed by atoms with E-state index in [4.69, 9.17) is 5.73 Å². The zero-order valence-electron chi connectivity index (χ0n) is 10.4. The summed E-state index contributed by atoms with van der Waals surface area (Å²) in [4.78, 5) is 13.4. The molecule has 5 heteroatoms. The van der Waals surface area contributed by atoms with Crippen molar-refractivity contribution >= 4 is 11.6 Å². The molecule has 0 unspecified atom stereocenters. The smallest absolute Gasteiger partial charge is 0.234 e. The lowest BCUT2D eigenvalue weighted by molar-refractivity contribution is -0.122. The van der Waals surface area contributed by atoms with Gasteiger partial charge in [-0.2, -0.15) is 0 Å². The van der Waals surface area contributed by atoms with Crippen LogP contribution in [0.5, 0.6) is 0 Å². The molecule has 4 nitrogen and oxygen atoms in total. The van der Waals surface area contributed by atoms with Crippen LogP contribution < -0.4 is 11.1 Å². The molecule has 0 aliphatic heterocycles. The lowest BCUT2D eigenvalue weighted by Crippen LogP contribution is -2.36. The Labute approximate surface area is 106 Å². The van der Waals surface area contributed by atoms with Gasteiger partial charge in [-0.25, -0.2) is 4.39 Å². The van der Waals surface area contributed by atoms with Gasteiger partial charge in [0.05, 0.1) is 6.54 Å². The molecule has 0 spiro atoms. The molecular formula is C13H18FN3O. The number of carbonyl (C=O) groups excluding carboxylic acids is 1. The summed E-state index contributed by atoms with van der Waals surface area (Å²) < 4.78 is 13.1. The van der Waals surface area contributed by atoms with E-state index in [0.29, 0.717) is 30.4 Å². The summed E-state index contributed by atoms with van der Waals surface area (Å²) in [5.41, 5.74) is 7.02. The second-order valence-electron chi connectivity index (χ2n) is 4.86. The summed E-state index contributed by atoms with van der Waals surface area (Å²) in [6.45, 7) is 0.758. The number of nitrogens with two attached hydrogens (primary N) is 1. The fraction of sp³-hybridized carbons (Fsp3) is 0.462. The quantitative estimate of drug-likeness (QED) is 0.771. The number of hydrogen-bond acceptors (Lipinski definition) is 3. The summed E-state index contributed by atoms with van der Waals surface area (Å²) in [7, 11) is 1.82. The van der Waals surface area contributed by atoms with E-state index in [1.54, 1.807) is 6.07 Å². The third kappa shape index (κ3) is 3.70. The lowest BCUT2D eigenvalue weighted by Gasteiger charge is -2.17. The van der Waals surface area contributed by atoms with Crippen LogP contribution in [0.25, 0.3) is 0 Å². The summed E-state index contributed by atoms with van der Waals surface area (Å²) >= 11 is 0. The van der Waals surface area contributed by atoms with Crippen LogP contribution in [0, 0.1) is 5.82 Å². The Morgan fingerprint density at radius 1 is 1.56 bits per heavy atom. The van der Waals surface area contributed by atoms with E-state index in [1.807, 2.05) is 11.9 Å². The van der Waals surface area contributed by atoms with E-state index in [1.165, 1.54) is 12.1 Å². The first-order valence-electron chi connectivity index (χ1n) is 6.06. The first kappa shape index (κ1) is 12.8. The van der Waals surface area contributed by atoms with Crippen molar-refractivity contribution in [2.24, 2.45) is 0 Å². The number of nitrogens with one attached hydrogen (secondary N) is 1. The van der Waals surface area contributed by atoms with Crippen molar-refractivity contribution in [2.75, 3.05) is 19.3 Å². The molecule has 0 saturated heterocycles. The number of halogens is 1. The van der Waals surface area contributed by atoms with Crippen molar-refractivity contribution < 1.29 is 9.18 Å². The highest BCUT2D eigenvalue weighted by Crippen LogP contribution is 2.18. The lowest BCUT2D eigenvalue weighted by atomic mass is 10.1. The first-order chi connectivity index (χ1) is 8.54. The second kappa shape index (κ2) is 5.35. The number of anilines is 1. The molecule has 1 saturated carbocycles. The van der Waals surface area contributed by atoms with Gasteiger partial charge in [-0.05, 0) is 43.7 Å². The highest BCUT2D eigenvalue weighted by atomic mass is 19.1. The molecule has 2 rings (SSSR count). The monoisotopic (exact) mass is 251 g/mol. The van der Waals surface area contributed by atoms with Gasteiger partial charge in [0.2, 0.25) is 5.91 Å². The molecule has 1 aliphatic carbocycles. The van der Waals surface area contributed by atoms with Gasteiger partial charge in [0.25, 0.3) is 0 Å². The highest BCUT2D eigenvalue weighted by molar-refractivity contribution is 5.78. The van der Waals surface area contributed by atoms with E-state index >= 15 is 0 Å². The average Bonchev–Trinajstić information content (AvgIpc) is 3.07. The van der Waals surface area contributed by atoms with Crippen LogP contribution in [0.2, 0.25) is 0 Å². The van der Waals surface area contributed by atoms with Gasteiger partial charge < -0.3 is 11.1 Å². The Hall–Kier alpha value is -1.62. The van der Waals surface area contributed by atoms with Crippen molar-refractivity contribution in [1.82, 2.24) is 10.2 Å². The highest BCUT2D eigenvalue weighted by Gasteiger charge is 2.23. The largest absolute Gasteiger partial charge is 0.398 e. The minimum Gasteiger partial charge on any atom is -0.398 e. The molecule has 1 fully saturated rings. The van der Waals surface area contributed by atoms with Crippen LogP contribution in [0.1, 0.15) is 18.4 Å². The molecule has 0 heterocycles. The summed E-state index contributed by atoms with van der Waals surface area (Å²) in [6, 6.07) is 4.65. The molecule has 0 bridgehead atoms. The van der Waals surface area contributed by atoms with Crippen LogP contribution in [0.4, 0.5) is 10.1 Å². The zero-order chi connectivity index (χ0) is 13.1. The third-order valence-electron chi connectivity index (χ3n) is 2.90. The molecule has 0 aromatic heterocycles. The van der Waals surface area contributed by atoms with Crippen molar-refractivity contribution in [2.45, 2.75) is 25.4 Å². The first-order valence-corrected chi connectivity index (χ1v) is 6.06. The Morgan fingerprint density at radius 3 is 2.94 bits per heavy atom. The summed E-state index contributed by atoms with van der Waals surface area (Å²) in [6.07, 6.45) is 2.15. The number of nitrogen functional groups attached to an aromatic ring is 1. The normalized spacial score (nSPS) is 14.8. The van der Waals surface area contributed by atoms with Crippen LogP contribution in [-0.4, -0.2) is 30.4 Å². The second-order valence-corrected chi connectivity index (χ2v) is 4.86. The Balaban J connectivity index is 1.87. The topological polar surface area (TPSA) is 58.4 Å². The van der Waals surface area contributed by atoms with Gasteiger partial charge in [0.1, 0.15) is 5.82 Å². The Kier molecular flexibility index (Phi) is 3.81. The molecular weight excluding hydrogens is 233 g/mol. The van der Waals surface area contributed by atoms with Crippen molar-refractivity contribution in [1.29, 1.82) is 0 Å². The van der Waals surface area contributed by atoms with E-state index in [-0.39, 0.29) is 11.7 Å². The maximum Gasteiger partial charge on any atom is 0.234 e. The number of amides is 1.